The summed E-state index contributed by atoms with van der Waals surface area (Å²) < 4.78 is 211. The SMILES string of the molecule is [2H]c1cc2c(-c3c4c([2H])c([2H])c([2H])c([2H])c4c(-c4c([2H])c([2H])c([2H])c([2H])c4[2H])c4c([2H])c([2H])c([2H])c([2H])c34)c([2H])c3oc4c([2H])c([2H])c5c([2H])c([2H])c([2H])c([2H])c5c4c3c2c([2H])c1[2H]. The van der Waals surface area contributed by atoms with Crippen molar-refractivity contribution in [3.63, 3.8) is 0 Å². The molecule has 0 N–H and O–H groups in total. The van der Waals surface area contributed by atoms with Crippen LogP contribution in [-0.2, 0) is 0 Å². The Morgan fingerprint density at radius 2 is 0.976 bits per heavy atom. The topological polar surface area (TPSA) is 13.1 Å². The number of hydrogen-bond donors (Lipinski definition) is 0. The Labute approximate surface area is 269 Å². The molecule has 1 aromatic heterocycles. The lowest BCUT2D eigenvalue weighted by molar-refractivity contribution is 0.669. The van der Waals surface area contributed by atoms with Crippen molar-refractivity contribution in [1.82, 2.24) is 0 Å². The highest BCUT2D eigenvalue weighted by atomic mass is 16.3. The second-order valence-corrected chi connectivity index (χ2v) is 9.09. The standard InChI is InChI=1S/C40H24O/c1-2-13-26(14-3-1)37-30-18-8-10-20-32(30)38(33-21-11-9-19-31(33)37)34-24-36-40(29-17-7-6-16-28(29)34)39-27-15-5-4-12-25(27)22-23-35(39)41-36/h1-24H/i1D,2D,3D,4D,5D,6D,7D,8D,9D,10D,11D,12D,13D,14D,15D,17D,18D,19D,20D,21D,22D,23D,24D. The Morgan fingerprint density at radius 3 is 1.71 bits per heavy atom. The van der Waals surface area contributed by atoms with E-state index in [1.807, 2.05) is 0 Å². The Balaban J connectivity index is 1.69. The largest absolute Gasteiger partial charge is 0.456 e. The van der Waals surface area contributed by atoms with Gasteiger partial charge in [-0.25, -0.2) is 0 Å². The predicted molar refractivity (Wildman–Crippen MR) is 175 cm³/mol. The average molecular weight is 544 g/mol. The molecule has 190 valence electrons. The van der Waals surface area contributed by atoms with E-state index >= 15 is 0 Å². The van der Waals surface area contributed by atoms with Crippen LogP contribution in [0.1, 0.15) is 31.5 Å². The molecular weight excluding hydrogens is 496 g/mol. The van der Waals surface area contributed by atoms with Gasteiger partial charge in [0.05, 0.1) is 31.5 Å². The minimum atomic E-state index is -0.898. The summed E-state index contributed by atoms with van der Waals surface area (Å²) in [5, 5.41) is -4.30. The van der Waals surface area contributed by atoms with Crippen LogP contribution in [0.4, 0.5) is 0 Å². The number of furan rings is 1. The van der Waals surface area contributed by atoms with E-state index in [4.69, 9.17) is 27.7 Å². The molecule has 0 saturated carbocycles. The highest BCUT2D eigenvalue weighted by Gasteiger charge is 2.21. The van der Waals surface area contributed by atoms with Crippen LogP contribution < -0.4 is 0 Å². The first-order chi connectivity index (χ1) is 29.9. The third kappa shape index (κ3) is 3.18. The second-order valence-electron chi connectivity index (χ2n) is 9.09. The fraction of sp³-hybridized carbons (Fsp3) is 0. The lowest BCUT2D eigenvalue weighted by atomic mass is 9.84. The maximum atomic E-state index is 9.91. The molecule has 0 bridgehead atoms. The monoisotopic (exact) mass is 543 g/mol. The van der Waals surface area contributed by atoms with E-state index in [2.05, 4.69) is 0 Å². The first kappa shape index (κ1) is 9.61. The summed E-state index contributed by atoms with van der Waals surface area (Å²) in [6.45, 7) is 0. The molecule has 1 heteroatoms. The molecule has 9 aromatic rings. The molecule has 0 radical (unpaired) electrons. The van der Waals surface area contributed by atoms with Gasteiger partial charge in [0, 0.05) is 10.8 Å². The Kier molecular flexibility index (Phi) is 2.00. The van der Waals surface area contributed by atoms with E-state index in [0.717, 1.165) is 6.07 Å². The van der Waals surface area contributed by atoms with Crippen molar-refractivity contribution < 1.29 is 35.9 Å². The molecule has 8 aromatic carbocycles. The van der Waals surface area contributed by atoms with Crippen LogP contribution in [0.25, 0.3) is 87.3 Å². The lowest BCUT2D eigenvalue weighted by Gasteiger charge is -2.19. The zero-order chi connectivity index (χ0) is 46.9. The Bertz CT molecular complexity index is 3650. The first-order valence-electron chi connectivity index (χ1n) is 23.7. The number of fused-ring (bicyclic) bond motifs is 9. The van der Waals surface area contributed by atoms with Crippen molar-refractivity contribution in [1.29, 1.82) is 0 Å². The highest BCUT2D eigenvalue weighted by Crippen LogP contribution is 2.48. The van der Waals surface area contributed by atoms with Crippen molar-refractivity contribution in [2.24, 2.45) is 0 Å². The predicted octanol–water partition coefficient (Wildman–Crippen LogP) is 11.5. The van der Waals surface area contributed by atoms with Crippen LogP contribution in [0.5, 0.6) is 0 Å². The van der Waals surface area contributed by atoms with Gasteiger partial charge < -0.3 is 4.42 Å². The lowest BCUT2D eigenvalue weighted by Crippen LogP contribution is -1.91. The molecule has 1 nitrogen and oxygen atoms in total. The zero-order valence-corrected chi connectivity index (χ0v) is 20.5. The normalized spacial score (nSPS) is 19.8. The molecule has 0 spiro atoms. The van der Waals surface area contributed by atoms with Gasteiger partial charge in [-0.05, 0) is 77.4 Å². The maximum Gasteiger partial charge on any atom is 0.136 e. The molecular formula is C40H24O. The zero-order valence-electron chi connectivity index (χ0n) is 43.5. The Hall–Kier alpha value is -5.40. The molecule has 0 atom stereocenters. The smallest absolute Gasteiger partial charge is 0.136 e. The summed E-state index contributed by atoms with van der Waals surface area (Å²) in [6, 6.07) is -17.5. The molecule has 0 unspecified atom stereocenters. The van der Waals surface area contributed by atoms with E-state index in [9.17, 15) is 8.22 Å². The number of hydrogen-bond acceptors (Lipinski definition) is 1. The fourth-order valence-electron chi connectivity index (χ4n) is 5.42. The summed E-state index contributed by atoms with van der Waals surface area (Å²) in [6.07, 6.45) is 0. The molecule has 0 amide bonds. The summed E-state index contributed by atoms with van der Waals surface area (Å²) in [4.78, 5) is 0. The quantitative estimate of drug-likeness (QED) is 0.198. The van der Waals surface area contributed by atoms with Crippen molar-refractivity contribution in [3.8, 4) is 22.3 Å². The number of rotatable bonds is 2. The fourth-order valence-corrected chi connectivity index (χ4v) is 5.42. The molecule has 0 saturated heterocycles. The van der Waals surface area contributed by atoms with Crippen molar-refractivity contribution in [2.75, 3.05) is 0 Å². The first-order valence-corrected chi connectivity index (χ1v) is 12.2. The van der Waals surface area contributed by atoms with Gasteiger partial charge in [0.2, 0.25) is 0 Å². The van der Waals surface area contributed by atoms with Gasteiger partial charge in [-0.3, -0.25) is 0 Å². The van der Waals surface area contributed by atoms with E-state index in [-0.39, 0.29) is 26.9 Å². The van der Waals surface area contributed by atoms with Crippen LogP contribution >= 0.6 is 0 Å². The molecule has 0 fully saturated rings. The van der Waals surface area contributed by atoms with Crippen LogP contribution in [0.15, 0.2) is 149 Å². The molecule has 0 aliphatic heterocycles. The maximum absolute atomic E-state index is 9.91. The van der Waals surface area contributed by atoms with Gasteiger partial charge in [-0.15, -0.1) is 0 Å². The molecule has 9 rings (SSSR count). The minimum absolute atomic E-state index is 0.260. The van der Waals surface area contributed by atoms with Gasteiger partial charge in [0.15, 0.2) is 0 Å². The van der Waals surface area contributed by atoms with Gasteiger partial charge in [0.25, 0.3) is 0 Å². The summed E-state index contributed by atoms with van der Waals surface area (Å²) >= 11 is 0. The van der Waals surface area contributed by atoms with Crippen LogP contribution in [0, 0.1) is 0 Å². The van der Waals surface area contributed by atoms with Crippen LogP contribution in [0.3, 0.4) is 0 Å². The Morgan fingerprint density at radius 1 is 0.415 bits per heavy atom. The molecule has 0 aliphatic carbocycles. The minimum Gasteiger partial charge on any atom is -0.456 e. The summed E-state index contributed by atoms with van der Waals surface area (Å²) in [5.74, 6) is 0. The third-order valence-corrected chi connectivity index (χ3v) is 7.03. The molecule has 41 heavy (non-hydrogen) atoms. The van der Waals surface area contributed by atoms with Crippen molar-refractivity contribution in [2.45, 2.75) is 0 Å². The van der Waals surface area contributed by atoms with E-state index in [1.54, 1.807) is 0 Å². The highest BCUT2D eigenvalue weighted by molar-refractivity contribution is 6.30. The van der Waals surface area contributed by atoms with Crippen molar-refractivity contribution >= 4 is 65.0 Å². The third-order valence-electron chi connectivity index (χ3n) is 7.03. The average Bonchev–Trinajstić information content (AvgIpc) is 3.66. The van der Waals surface area contributed by atoms with E-state index in [0.29, 0.717) is 0 Å². The summed E-state index contributed by atoms with van der Waals surface area (Å²) in [7, 11) is 0. The molecule has 1 heterocycles. The van der Waals surface area contributed by atoms with Gasteiger partial charge in [0.1, 0.15) is 11.2 Å². The van der Waals surface area contributed by atoms with E-state index in [1.165, 1.54) is 0 Å². The van der Waals surface area contributed by atoms with Crippen LogP contribution in [0.2, 0.25) is 0 Å². The van der Waals surface area contributed by atoms with Gasteiger partial charge >= 0.3 is 0 Å². The molecule has 0 aliphatic rings. The number of benzene rings is 8. The second kappa shape index (κ2) is 8.55. The van der Waals surface area contributed by atoms with E-state index < -0.39 is 199 Å². The van der Waals surface area contributed by atoms with Crippen molar-refractivity contribution in [3.05, 3.63) is 145 Å². The van der Waals surface area contributed by atoms with Crippen LogP contribution in [-0.4, -0.2) is 0 Å². The summed E-state index contributed by atoms with van der Waals surface area (Å²) in [5.41, 5.74) is -3.34. The van der Waals surface area contributed by atoms with Gasteiger partial charge in [-0.2, -0.15) is 0 Å². The van der Waals surface area contributed by atoms with Gasteiger partial charge in [-0.1, -0.05) is 133 Å².